The van der Waals surface area contributed by atoms with Crippen molar-refractivity contribution < 1.29 is 19.0 Å². The Morgan fingerprint density at radius 3 is 2.97 bits per heavy atom. The number of halogens is 1. The maximum Gasteiger partial charge on any atom is 0.126 e. The first-order chi connectivity index (χ1) is 14.6. The molecule has 0 saturated heterocycles. The van der Waals surface area contributed by atoms with Crippen molar-refractivity contribution >= 4 is 21.4 Å². The average Bonchev–Trinajstić information content (AvgIpc) is 3.18. The fourth-order valence-corrected chi connectivity index (χ4v) is 5.26. The number of aliphatic hydroxyl groups excluding tert-OH is 1. The van der Waals surface area contributed by atoms with Crippen molar-refractivity contribution in [1.82, 2.24) is 4.90 Å². The van der Waals surface area contributed by atoms with Gasteiger partial charge in [0.15, 0.2) is 0 Å². The first-order valence-electron chi connectivity index (χ1n) is 10.5. The molecule has 1 N–H and O–H groups in total. The predicted octanol–water partition coefficient (Wildman–Crippen LogP) is 5.19. The molecular weight excluding hydrogens is 401 g/mol. The van der Waals surface area contributed by atoms with E-state index < -0.39 is 6.10 Å². The van der Waals surface area contributed by atoms with Gasteiger partial charge in [0.05, 0.1) is 13.2 Å². The van der Waals surface area contributed by atoms with E-state index in [4.69, 9.17) is 9.47 Å². The molecule has 2 atom stereocenters. The molecule has 0 saturated carbocycles. The summed E-state index contributed by atoms with van der Waals surface area (Å²) < 4.78 is 26.3. The van der Waals surface area contributed by atoms with E-state index in [1.165, 1.54) is 12.1 Å². The first-order valence-corrected chi connectivity index (χ1v) is 11.4. The molecular formula is C24H28FNO3S. The molecule has 2 heterocycles. The second-order valence-corrected chi connectivity index (χ2v) is 8.69. The lowest BCUT2D eigenvalue weighted by atomic mass is 9.99. The van der Waals surface area contributed by atoms with Crippen molar-refractivity contribution in [3.05, 3.63) is 58.7 Å². The van der Waals surface area contributed by atoms with Gasteiger partial charge in [0.25, 0.3) is 0 Å². The van der Waals surface area contributed by atoms with Crippen LogP contribution in [-0.2, 0) is 6.42 Å². The molecule has 1 aromatic heterocycles. The Bertz CT molecular complexity index is 991. The van der Waals surface area contributed by atoms with Crippen LogP contribution in [0.2, 0.25) is 0 Å². The molecule has 0 aliphatic carbocycles. The summed E-state index contributed by atoms with van der Waals surface area (Å²) in [5.74, 6) is 1.49. The van der Waals surface area contributed by atoms with E-state index in [1.807, 2.05) is 23.6 Å². The van der Waals surface area contributed by atoms with Crippen LogP contribution in [-0.4, -0.2) is 42.9 Å². The molecule has 2 unspecified atom stereocenters. The van der Waals surface area contributed by atoms with Crippen molar-refractivity contribution in [2.24, 2.45) is 0 Å². The predicted molar refractivity (Wildman–Crippen MR) is 119 cm³/mol. The Balaban J connectivity index is 1.46. The Hall–Kier alpha value is -2.15. The quantitative estimate of drug-likeness (QED) is 0.535. The summed E-state index contributed by atoms with van der Waals surface area (Å²) in [7, 11) is 1.69. The molecule has 160 valence electrons. The average molecular weight is 430 g/mol. The number of ether oxygens (including phenoxy) is 2. The highest BCUT2D eigenvalue weighted by atomic mass is 32.1. The summed E-state index contributed by atoms with van der Waals surface area (Å²) in [5, 5.41) is 13.6. The second kappa shape index (κ2) is 9.33. The van der Waals surface area contributed by atoms with E-state index in [0.29, 0.717) is 13.0 Å². The number of nitrogens with zero attached hydrogens (tertiary/aromatic N) is 1. The molecule has 0 bridgehead atoms. The molecule has 1 aliphatic heterocycles. The van der Waals surface area contributed by atoms with E-state index in [1.54, 1.807) is 24.5 Å². The van der Waals surface area contributed by atoms with Gasteiger partial charge in [-0.1, -0.05) is 13.0 Å². The summed E-state index contributed by atoms with van der Waals surface area (Å²) >= 11 is 1.55. The van der Waals surface area contributed by atoms with Gasteiger partial charge in [-0.2, -0.15) is 0 Å². The molecule has 4 rings (SSSR count). The second-order valence-electron chi connectivity index (χ2n) is 7.78. The molecule has 30 heavy (non-hydrogen) atoms. The molecule has 0 fully saturated rings. The Labute approximate surface area is 180 Å². The van der Waals surface area contributed by atoms with Crippen molar-refractivity contribution in [2.45, 2.75) is 38.3 Å². The lowest BCUT2D eigenvalue weighted by Crippen LogP contribution is -2.44. The lowest BCUT2D eigenvalue weighted by Gasteiger charge is -2.35. The van der Waals surface area contributed by atoms with E-state index >= 15 is 0 Å². The van der Waals surface area contributed by atoms with Gasteiger partial charge >= 0.3 is 0 Å². The SMILES string of the molecule is CCCN(CCC(O)c1csc2ccc(F)cc12)C1COc2cccc(OC)c2C1. The number of hydrogen-bond acceptors (Lipinski definition) is 5. The third-order valence-electron chi connectivity index (χ3n) is 5.82. The van der Waals surface area contributed by atoms with Crippen molar-refractivity contribution in [1.29, 1.82) is 0 Å². The van der Waals surface area contributed by atoms with Crippen LogP contribution in [0.4, 0.5) is 4.39 Å². The van der Waals surface area contributed by atoms with Gasteiger partial charge in [-0.15, -0.1) is 11.3 Å². The zero-order valence-electron chi connectivity index (χ0n) is 17.4. The highest BCUT2D eigenvalue weighted by Crippen LogP contribution is 2.35. The number of rotatable bonds is 8. The largest absolute Gasteiger partial charge is 0.496 e. The van der Waals surface area contributed by atoms with Gasteiger partial charge in [0, 0.05) is 28.2 Å². The number of thiophene rings is 1. The van der Waals surface area contributed by atoms with Crippen LogP contribution in [0.3, 0.4) is 0 Å². The number of methoxy groups -OCH3 is 1. The third kappa shape index (κ3) is 4.31. The van der Waals surface area contributed by atoms with Crippen LogP contribution >= 0.6 is 11.3 Å². The van der Waals surface area contributed by atoms with Crippen LogP contribution in [0, 0.1) is 5.82 Å². The molecule has 3 aromatic rings. The number of benzene rings is 2. The van der Waals surface area contributed by atoms with E-state index in [2.05, 4.69) is 11.8 Å². The highest BCUT2D eigenvalue weighted by Gasteiger charge is 2.28. The summed E-state index contributed by atoms with van der Waals surface area (Å²) in [6.07, 6.45) is 1.86. The van der Waals surface area contributed by atoms with E-state index in [9.17, 15) is 9.50 Å². The fraction of sp³-hybridized carbons (Fsp3) is 0.417. The minimum absolute atomic E-state index is 0.234. The third-order valence-corrected chi connectivity index (χ3v) is 6.80. The topological polar surface area (TPSA) is 41.9 Å². The number of aliphatic hydroxyl groups is 1. The smallest absolute Gasteiger partial charge is 0.126 e. The van der Waals surface area contributed by atoms with Crippen LogP contribution in [0.15, 0.2) is 41.8 Å². The Kier molecular flexibility index (Phi) is 6.56. The van der Waals surface area contributed by atoms with Gasteiger partial charge in [-0.05, 0) is 67.1 Å². The molecule has 4 nitrogen and oxygen atoms in total. The molecule has 2 aromatic carbocycles. The van der Waals surface area contributed by atoms with Crippen LogP contribution in [0.25, 0.3) is 10.1 Å². The maximum absolute atomic E-state index is 13.7. The van der Waals surface area contributed by atoms with Crippen LogP contribution in [0.1, 0.15) is 37.0 Å². The van der Waals surface area contributed by atoms with Gasteiger partial charge in [0.1, 0.15) is 23.9 Å². The fourth-order valence-electron chi connectivity index (χ4n) is 4.28. The van der Waals surface area contributed by atoms with Gasteiger partial charge in [-0.3, -0.25) is 4.90 Å². The van der Waals surface area contributed by atoms with Crippen molar-refractivity contribution in [3.8, 4) is 11.5 Å². The monoisotopic (exact) mass is 429 g/mol. The summed E-state index contributed by atoms with van der Waals surface area (Å²) in [5.41, 5.74) is 1.93. The first kappa shape index (κ1) is 21.1. The zero-order chi connectivity index (χ0) is 21.1. The molecule has 0 radical (unpaired) electrons. The summed E-state index contributed by atoms with van der Waals surface area (Å²) in [4.78, 5) is 2.40. The molecule has 1 aliphatic rings. The standard InChI is InChI=1S/C24H28FNO3S/c1-3-10-26(17-13-19-22(28-2)5-4-6-23(19)29-14-17)11-9-21(27)20-15-30-24-8-7-16(25)12-18(20)24/h4-8,12,15,17,21,27H,3,9-11,13-14H2,1-2H3. The van der Waals surface area contributed by atoms with Crippen molar-refractivity contribution in [2.75, 3.05) is 26.8 Å². The number of hydrogen-bond donors (Lipinski definition) is 1. The van der Waals surface area contributed by atoms with Crippen LogP contribution in [0.5, 0.6) is 11.5 Å². The maximum atomic E-state index is 13.7. The van der Waals surface area contributed by atoms with Crippen molar-refractivity contribution in [3.63, 3.8) is 0 Å². The molecule has 0 amide bonds. The summed E-state index contributed by atoms with van der Waals surface area (Å²) in [6.45, 7) is 4.48. The van der Waals surface area contributed by atoms with Gasteiger partial charge in [-0.25, -0.2) is 4.39 Å². The minimum Gasteiger partial charge on any atom is -0.496 e. The van der Waals surface area contributed by atoms with Crippen LogP contribution < -0.4 is 9.47 Å². The zero-order valence-corrected chi connectivity index (χ0v) is 18.3. The Morgan fingerprint density at radius 2 is 2.17 bits per heavy atom. The summed E-state index contributed by atoms with van der Waals surface area (Å²) in [6, 6.07) is 10.9. The highest BCUT2D eigenvalue weighted by molar-refractivity contribution is 7.17. The molecule has 6 heteroatoms. The van der Waals surface area contributed by atoms with E-state index in [-0.39, 0.29) is 11.9 Å². The molecule has 0 spiro atoms. The normalized spacial score (nSPS) is 17.0. The van der Waals surface area contributed by atoms with E-state index in [0.717, 1.165) is 58.6 Å². The minimum atomic E-state index is -0.619. The van der Waals surface area contributed by atoms with Gasteiger partial charge < -0.3 is 14.6 Å². The Morgan fingerprint density at radius 1 is 1.30 bits per heavy atom. The van der Waals surface area contributed by atoms with Gasteiger partial charge in [0.2, 0.25) is 0 Å². The number of fused-ring (bicyclic) bond motifs is 2. The lowest BCUT2D eigenvalue weighted by molar-refractivity contribution is 0.0907.